The number of rotatable bonds is 6. The molecular weight excluding hydrogens is 492 g/mol. The number of aryl methyl sites for hydroxylation is 1. The van der Waals surface area contributed by atoms with Crippen LogP contribution in [0, 0.1) is 0 Å². The molecule has 3 aliphatic rings. The van der Waals surface area contributed by atoms with Crippen LogP contribution < -0.4 is 23.7 Å². The van der Waals surface area contributed by atoms with Crippen LogP contribution in [0.5, 0.6) is 28.7 Å². The third-order valence-electron chi connectivity index (χ3n) is 6.95. The third-order valence-corrected chi connectivity index (χ3v) is 6.95. The van der Waals surface area contributed by atoms with Crippen LogP contribution in [0.3, 0.4) is 0 Å². The lowest BCUT2D eigenvalue weighted by atomic mass is 9.85. The summed E-state index contributed by atoms with van der Waals surface area (Å²) in [5.41, 5.74) is 2.13. The molecule has 0 aliphatic carbocycles. The molecule has 2 aromatic carbocycles. The Labute approximate surface area is 211 Å². The summed E-state index contributed by atoms with van der Waals surface area (Å²) in [5.74, 6) is -0.340. The number of hydrogen-bond acceptors (Lipinski definition) is 11. The topological polar surface area (TPSA) is 174 Å². The maximum Gasteiger partial charge on any atom is 0.335 e. The van der Waals surface area contributed by atoms with E-state index in [1.54, 1.807) is 18.2 Å². The number of carboxylic acids is 1. The molecule has 12 heteroatoms. The monoisotopic (exact) mass is 520 g/mol. The van der Waals surface area contributed by atoms with Gasteiger partial charge in [-0.1, -0.05) is 13.0 Å². The molecule has 2 aromatic rings. The Hall–Kier alpha value is -3.29. The van der Waals surface area contributed by atoms with Crippen LogP contribution in [0.1, 0.15) is 35.6 Å². The summed E-state index contributed by atoms with van der Waals surface area (Å²) in [6.07, 6.45) is -10.1. The number of carbonyl (C=O) groups is 1. The lowest BCUT2D eigenvalue weighted by molar-refractivity contribution is -0.271. The molecule has 0 aromatic heterocycles. The Bertz CT molecular complexity index is 1200. The molecule has 1 saturated heterocycles. The van der Waals surface area contributed by atoms with E-state index in [2.05, 4.69) is 0 Å². The van der Waals surface area contributed by atoms with E-state index in [0.717, 1.165) is 5.56 Å². The summed E-state index contributed by atoms with van der Waals surface area (Å²) >= 11 is 0. The largest absolute Gasteiger partial charge is 0.493 e. The summed E-state index contributed by atoms with van der Waals surface area (Å²) in [6, 6.07) is 6.64. The summed E-state index contributed by atoms with van der Waals surface area (Å²) in [5, 5.41) is 50.6. The van der Waals surface area contributed by atoms with Crippen molar-refractivity contribution in [3.05, 3.63) is 41.0 Å². The van der Waals surface area contributed by atoms with Gasteiger partial charge >= 0.3 is 5.97 Å². The number of aliphatic hydroxyl groups excluding tert-OH is 4. The first kappa shape index (κ1) is 25.4. The van der Waals surface area contributed by atoms with Crippen LogP contribution >= 0.6 is 0 Å². The van der Waals surface area contributed by atoms with E-state index in [9.17, 15) is 30.3 Å². The zero-order chi connectivity index (χ0) is 26.6. The molecule has 0 radical (unpaired) electrons. The minimum Gasteiger partial charge on any atom is -0.493 e. The molecule has 0 saturated carbocycles. The SMILES string of the molecule is CCc1cc(OC2OC(C(=O)O)C(O)C(O)C2O)cc2c1C1Oc3c(ccc(OC)c3OC)C1C(O)O2. The van der Waals surface area contributed by atoms with Gasteiger partial charge in [0.1, 0.15) is 35.9 Å². The van der Waals surface area contributed by atoms with Gasteiger partial charge in [-0.3, -0.25) is 0 Å². The Kier molecular flexibility index (Phi) is 6.54. The maximum absolute atomic E-state index is 11.4. The second-order valence-corrected chi connectivity index (χ2v) is 8.99. The quantitative estimate of drug-likeness (QED) is 0.357. The summed E-state index contributed by atoms with van der Waals surface area (Å²) in [6.45, 7) is 1.90. The fraction of sp³-hybridized carbons (Fsp3) is 0.480. The van der Waals surface area contributed by atoms with Gasteiger partial charge in [-0.2, -0.15) is 0 Å². The number of benzene rings is 2. The number of carboxylic acid groups (broad SMARTS) is 1. The number of ether oxygens (including phenoxy) is 6. The average Bonchev–Trinajstić information content (AvgIpc) is 3.27. The molecule has 0 amide bonds. The number of methoxy groups -OCH3 is 2. The van der Waals surface area contributed by atoms with Crippen LogP contribution in [0.15, 0.2) is 24.3 Å². The van der Waals surface area contributed by atoms with Crippen molar-refractivity contribution in [3.63, 3.8) is 0 Å². The van der Waals surface area contributed by atoms with Crippen molar-refractivity contribution in [2.45, 2.75) is 62.4 Å². The van der Waals surface area contributed by atoms with Crippen LogP contribution in [0.2, 0.25) is 0 Å². The molecule has 37 heavy (non-hydrogen) atoms. The van der Waals surface area contributed by atoms with E-state index in [4.69, 9.17) is 28.4 Å². The van der Waals surface area contributed by atoms with Gasteiger partial charge in [0.2, 0.25) is 18.3 Å². The van der Waals surface area contributed by atoms with Crippen molar-refractivity contribution in [2.75, 3.05) is 14.2 Å². The van der Waals surface area contributed by atoms with Crippen molar-refractivity contribution in [3.8, 4) is 28.7 Å². The fourth-order valence-corrected chi connectivity index (χ4v) is 5.13. The van der Waals surface area contributed by atoms with Crippen LogP contribution in [-0.4, -0.2) is 82.7 Å². The minimum absolute atomic E-state index is 0.132. The van der Waals surface area contributed by atoms with E-state index >= 15 is 0 Å². The molecule has 8 unspecified atom stereocenters. The molecule has 5 N–H and O–H groups in total. The molecule has 3 aliphatic heterocycles. The smallest absolute Gasteiger partial charge is 0.335 e. The van der Waals surface area contributed by atoms with E-state index in [0.29, 0.717) is 34.8 Å². The Morgan fingerprint density at radius 2 is 1.76 bits per heavy atom. The van der Waals surface area contributed by atoms with Gasteiger partial charge < -0.3 is 54.0 Å². The molecule has 5 rings (SSSR count). The zero-order valence-corrected chi connectivity index (χ0v) is 20.2. The third kappa shape index (κ3) is 4.01. The molecule has 1 fully saturated rings. The lowest BCUT2D eigenvalue weighted by Crippen LogP contribution is -2.61. The first-order valence-electron chi connectivity index (χ1n) is 11.7. The maximum atomic E-state index is 11.4. The van der Waals surface area contributed by atoms with Gasteiger partial charge in [0.25, 0.3) is 0 Å². The van der Waals surface area contributed by atoms with Gasteiger partial charge in [0, 0.05) is 17.2 Å². The molecule has 8 atom stereocenters. The first-order valence-corrected chi connectivity index (χ1v) is 11.7. The van der Waals surface area contributed by atoms with Crippen molar-refractivity contribution >= 4 is 5.97 Å². The molecule has 200 valence electrons. The van der Waals surface area contributed by atoms with Crippen LogP contribution in [0.25, 0.3) is 0 Å². The van der Waals surface area contributed by atoms with E-state index < -0.39 is 55.0 Å². The van der Waals surface area contributed by atoms with Gasteiger partial charge in [0.15, 0.2) is 17.6 Å². The molecular formula is C25H28O12. The van der Waals surface area contributed by atoms with Gasteiger partial charge in [-0.05, 0) is 24.1 Å². The predicted octanol–water partition coefficient (Wildman–Crippen LogP) is 0.465. The first-order chi connectivity index (χ1) is 17.7. The highest BCUT2D eigenvalue weighted by molar-refractivity contribution is 5.73. The molecule has 12 nitrogen and oxygen atoms in total. The van der Waals surface area contributed by atoms with Crippen LogP contribution in [0.4, 0.5) is 0 Å². The highest BCUT2D eigenvalue weighted by atomic mass is 16.7. The normalized spacial score (nSPS) is 31.8. The highest BCUT2D eigenvalue weighted by Crippen LogP contribution is 2.58. The Morgan fingerprint density at radius 3 is 2.41 bits per heavy atom. The second kappa shape index (κ2) is 9.54. The second-order valence-electron chi connectivity index (χ2n) is 8.99. The van der Waals surface area contributed by atoms with E-state index in [-0.39, 0.29) is 11.5 Å². The molecule has 0 bridgehead atoms. The van der Waals surface area contributed by atoms with Gasteiger partial charge in [0.05, 0.1) is 20.1 Å². The average molecular weight is 520 g/mol. The highest BCUT2D eigenvalue weighted by Gasteiger charge is 2.50. The summed E-state index contributed by atoms with van der Waals surface area (Å²) in [4.78, 5) is 11.4. The number of aliphatic hydroxyl groups is 4. The lowest BCUT2D eigenvalue weighted by Gasteiger charge is -2.39. The summed E-state index contributed by atoms with van der Waals surface area (Å²) < 4.78 is 34.0. The van der Waals surface area contributed by atoms with E-state index in [1.807, 2.05) is 6.92 Å². The van der Waals surface area contributed by atoms with Crippen molar-refractivity contribution in [2.24, 2.45) is 0 Å². The minimum atomic E-state index is -1.84. The molecule has 3 heterocycles. The Morgan fingerprint density at radius 1 is 1.00 bits per heavy atom. The Balaban J connectivity index is 1.49. The predicted molar refractivity (Wildman–Crippen MR) is 123 cm³/mol. The standard InChI is InChI=1S/C25H28O12/c1-4-9-7-10(34-25-18(28)16(26)17(27)22(37-25)23(29)30)8-13-14(9)21-15(24(31)35-13)11-5-6-12(32-2)20(33-3)19(11)36-21/h5-8,15-18,21-22,24-28,31H,4H2,1-3H3,(H,29,30). The molecule has 0 spiro atoms. The zero-order valence-electron chi connectivity index (χ0n) is 20.2. The number of fused-ring (bicyclic) bond motifs is 5. The van der Waals surface area contributed by atoms with Crippen LogP contribution in [-0.2, 0) is 16.0 Å². The van der Waals surface area contributed by atoms with Gasteiger partial charge in [-0.15, -0.1) is 0 Å². The number of hydrogen-bond donors (Lipinski definition) is 5. The van der Waals surface area contributed by atoms with Crippen molar-refractivity contribution < 1.29 is 58.7 Å². The summed E-state index contributed by atoms with van der Waals surface area (Å²) in [7, 11) is 3.01. The van der Waals surface area contributed by atoms with Gasteiger partial charge in [-0.25, -0.2) is 4.79 Å². The van der Waals surface area contributed by atoms with E-state index in [1.165, 1.54) is 20.3 Å². The van der Waals surface area contributed by atoms with Crippen molar-refractivity contribution in [1.29, 1.82) is 0 Å². The van der Waals surface area contributed by atoms with Crippen molar-refractivity contribution in [1.82, 2.24) is 0 Å². The fourth-order valence-electron chi connectivity index (χ4n) is 5.13. The number of aliphatic carboxylic acids is 1.